The van der Waals surface area contributed by atoms with Crippen molar-refractivity contribution in [2.24, 2.45) is 0 Å². The van der Waals surface area contributed by atoms with Crippen LogP contribution in [0.25, 0.3) is 0 Å². The van der Waals surface area contributed by atoms with Crippen LogP contribution in [0.5, 0.6) is 0 Å². The van der Waals surface area contributed by atoms with Gasteiger partial charge >= 0.3 is 0 Å². The average Bonchev–Trinajstić information content (AvgIpc) is 2.49. The number of aromatic nitrogens is 1. The van der Waals surface area contributed by atoms with Crippen LogP contribution in [-0.2, 0) is 10.0 Å². The highest BCUT2D eigenvalue weighted by Gasteiger charge is 2.15. The molecule has 0 aliphatic heterocycles. The van der Waals surface area contributed by atoms with Gasteiger partial charge in [0.15, 0.2) is 0 Å². The zero-order valence-corrected chi connectivity index (χ0v) is 13.2. The number of halogens is 1. The molecule has 0 saturated heterocycles. The second kappa shape index (κ2) is 6.74. The van der Waals surface area contributed by atoms with Gasteiger partial charge < -0.3 is 5.32 Å². The van der Waals surface area contributed by atoms with E-state index >= 15 is 0 Å². The predicted molar refractivity (Wildman–Crippen MR) is 85.0 cm³/mol. The van der Waals surface area contributed by atoms with E-state index in [1.54, 1.807) is 12.1 Å². The van der Waals surface area contributed by atoms with E-state index in [1.165, 1.54) is 25.3 Å². The Kier molecular flexibility index (Phi) is 4.97. The van der Waals surface area contributed by atoms with Gasteiger partial charge in [-0.15, -0.1) is 0 Å². The van der Waals surface area contributed by atoms with Crippen LogP contribution in [0.2, 0.25) is 0 Å². The van der Waals surface area contributed by atoms with Crippen molar-refractivity contribution in [1.82, 2.24) is 4.98 Å². The molecular formula is C15H18FN3O2S. The molecule has 2 rings (SSSR count). The van der Waals surface area contributed by atoms with E-state index in [0.29, 0.717) is 11.5 Å². The van der Waals surface area contributed by atoms with Gasteiger partial charge in [-0.3, -0.25) is 4.72 Å². The summed E-state index contributed by atoms with van der Waals surface area (Å²) in [6.45, 7) is 4.36. The number of rotatable bonds is 6. The third kappa shape index (κ3) is 3.94. The Balaban J connectivity index is 2.16. The summed E-state index contributed by atoms with van der Waals surface area (Å²) < 4.78 is 40.1. The number of benzene rings is 1. The molecule has 0 amide bonds. The van der Waals surface area contributed by atoms with Crippen molar-refractivity contribution in [3.63, 3.8) is 0 Å². The quantitative estimate of drug-likeness (QED) is 0.856. The maximum absolute atomic E-state index is 13.2. The largest absolute Gasteiger partial charge is 0.370 e. The molecule has 2 N–H and O–H groups in total. The molecule has 0 aliphatic rings. The highest BCUT2D eigenvalue weighted by molar-refractivity contribution is 7.92. The second-order valence-electron chi connectivity index (χ2n) is 4.88. The van der Waals surface area contributed by atoms with Crippen LogP contribution in [0.15, 0.2) is 41.4 Å². The Labute approximate surface area is 129 Å². The zero-order valence-electron chi connectivity index (χ0n) is 12.4. The van der Waals surface area contributed by atoms with Gasteiger partial charge in [0.2, 0.25) is 0 Å². The number of hydrogen-bond acceptors (Lipinski definition) is 4. The van der Waals surface area contributed by atoms with E-state index in [9.17, 15) is 12.8 Å². The number of aryl methyl sites for hydroxylation is 1. The number of sulfonamides is 1. The van der Waals surface area contributed by atoms with Gasteiger partial charge in [-0.1, -0.05) is 6.92 Å². The monoisotopic (exact) mass is 323 g/mol. The third-order valence-electron chi connectivity index (χ3n) is 3.01. The molecule has 22 heavy (non-hydrogen) atoms. The summed E-state index contributed by atoms with van der Waals surface area (Å²) in [6.07, 6.45) is 2.41. The summed E-state index contributed by atoms with van der Waals surface area (Å²) in [4.78, 5) is 4.14. The molecule has 1 aromatic carbocycles. The molecule has 0 radical (unpaired) electrons. The molecule has 0 unspecified atom stereocenters. The van der Waals surface area contributed by atoms with Crippen molar-refractivity contribution in [3.8, 4) is 0 Å². The summed E-state index contributed by atoms with van der Waals surface area (Å²) in [5.41, 5.74) is 0.629. The van der Waals surface area contributed by atoms with E-state index in [2.05, 4.69) is 15.0 Å². The maximum atomic E-state index is 13.2. The maximum Gasteiger partial charge on any atom is 0.261 e. The highest BCUT2D eigenvalue weighted by Crippen LogP contribution is 2.18. The van der Waals surface area contributed by atoms with Crippen molar-refractivity contribution >= 4 is 21.5 Å². The minimum Gasteiger partial charge on any atom is -0.370 e. The van der Waals surface area contributed by atoms with Crippen LogP contribution in [0.4, 0.5) is 15.9 Å². The molecule has 118 valence electrons. The fraction of sp³-hybridized carbons (Fsp3) is 0.267. The lowest BCUT2D eigenvalue weighted by Gasteiger charge is -2.10. The van der Waals surface area contributed by atoms with Gasteiger partial charge in [0, 0.05) is 6.54 Å². The first-order valence-electron chi connectivity index (χ1n) is 6.91. The van der Waals surface area contributed by atoms with Crippen LogP contribution in [-0.4, -0.2) is 19.9 Å². The predicted octanol–water partition coefficient (Wildman–Crippen LogP) is 3.15. The molecule has 0 aliphatic carbocycles. The third-order valence-corrected chi connectivity index (χ3v) is 4.39. The van der Waals surface area contributed by atoms with Crippen molar-refractivity contribution in [2.75, 3.05) is 16.6 Å². The van der Waals surface area contributed by atoms with Gasteiger partial charge in [0.25, 0.3) is 10.0 Å². The van der Waals surface area contributed by atoms with E-state index in [-0.39, 0.29) is 10.5 Å². The van der Waals surface area contributed by atoms with Crippen LogP contribution in [0, 0.1) is 12.7 Å². The van der Waals surface area contributed by atoms with Gasteiger partial charge in [-0.05, 0) is 49.2 Å². The van der Waals surface area contributed by atoms with Crippen LogP contribution in [0.3, 0.4) is 0 Å². The summed E-state index contributed by atoms with van der Waals surface area (Å²) >= 11 is 0. The lowest BCUT2D eigenvalue weighted by Crippen LogP contribution is -2.13. The number of nitrogens with one attached hydrogen (secondary N) is 2. The Bertz CT molecular complexity index is 746. The second-order valence-corrected chi connectivity index (χ2v) is 6.56. The molecule has 0 atom stereocenters. The van der Waals surface area contributed by atoms with Crippen molar-refractivity contribution in [3.05, 3.63) is 47.9 Å². The highest BCUT2D eigenvalue weighted by atomic mass is 32.2. The van der Waals surface area contributed by atoms with E-state index in [4.69, 9.17) is 0 Å². The molecule has 2 aromatic rings. The van der Waals surface area contributed by atoms with Crippen molar-refractivity contribution in [2.45, 2.75) is 25.2 Å². The van der Waals surface area contributed by atoms with E-state index in [1.807, 2.05) is 6.92 Å². The van der Waals surface area contributed by atoms with Gasteiger partial charge in [0.05, 0.1) is 16.8 Å². The topological polar surface area (TPSA) is 71.1 Å². The molecule has 7 heteroatoms. The number of hydrogen-bond donors (Lipinski definition) is 2. The van der Waals surface area contributed by atoms with Crippen LogP contribution in [0.1, 0.15) is 18.9 Å². The first kappa shape index (κ1) is 16.2. The Hall–Kier alpha value is -2.15. The average molecular weight is 323 g/mol. The zero-order chi connectivity index (χ0) is 16.2. The molecule has 0 spiro atoms. The fourth-order valence-electron chi connectivity index (χ4n) is 1.81. The Morgan fingerprint density at radius 2 is 2.00 bits per heavy atom. The molecule has 1 heterocycles. The van der Waals surface area contributed by atoms with Gasteiger partial charge in [-0.25, -0.2) is 17.8 Å². The minimum atomic E-state index is -3.76. The van der Waals surface area contributed by atoms with Crippen LogP contribution >= 0.6 is 0 Å². The summed E-state index contributed by atoms with van der Waals surface area (Å²) in [5, 5.41) is 3.10. The minimum absolute atomic E-state index is 0.0135. The van der Waals surface area contributed by atoms with E-state index < -0.39 is 15.8 Å². The standard InChI is InChI=1S/C15H18FN3O2S/c1-3-8-17-15-7-4-12(10-18-15)19-22(20,21)13-5-6-14(16)11(2)9-13/h4-7,9-10,19H,3,8H2,1-2H3,(H,17,18). The number of nitrogens with zero attached hydrogens (tertiary/aromatic N) is 1. The molecular weight excluding hydrogens is 305 g/mol. The first-order chi connectivity index (χ1) is 10.4. The molecule has 0 saturated carbocycles. The molecule has 5 nitrogen and oxygen atoms in total. The molecule has 0 fully saturated rings. The van der Waals surface area contributed by atoms with Crippen LogP contribution < -0.4 is 10.0 Å². The summed E-state index contributed by atoms with van der Waals surface area (Å²) in [6, 6.07) is 6.99. The van der Waals surface area contributed by atoms with Crippen molar-refractivity contribution in [1.29, 1.82) is 0 Å². The van der Waals surface area contributed by atoms with Gasteiger partial charge in [0.1, 0.15) is 11.6 Å². The first-order valence-corrected chi connectivity index (χ1v) is 8.39. The SMILES string of the molecule is CCCNc1ccc(NS(=O)(=O)c2ccc(F)c(C)c2)cn1. The Morgan fingerprint density at radius 3 is 2.59 bits per heavy atom. The number of anilines is 2. The van der Waals surface area contributed by atoms with E-state index in [0.717, 1.165) is 19.0 Å². The normalized spacial score (nSPS) is 11.2. The smallest absolute Gasteiger partial charge is 0.261 e. The summed E-state index contributed by atoms with van der Waals surface area (Å²) in [5.74, 6) is 0.245. The molecule has 0 bridgehead atoms. The fourth-order valence-corrected chi connectivity index (χ4v) is 2.94. The lowest BCUT2D eigenvalue weighted by atomic mass is 10.2. The lowest BCUT2D eigenvalue weighted by molar-refractivity contribution is 0.598. The number of pyridine rings is 1. The Morgan fingerprint density at radius 1 is 1.23 bits per heavy atom. The molecule has 1 aromatic heterocycles. The van der Waals surface area contributed by atoms with Gasteiger partial charge in [-0.2, -0.15) is 0 Å². The van der Waals surface area contributed by atoms with Crippen molar-refractivity contribution < 1.29 is 12.8 Å². The summed E-state index contributed by atoms with van der Waals surface area (Å²) in [7, 11) is -3.76.